The molecule has 1 aliphatic rings. The lowest BCUT2D eigenvalue weighted by Gasteiger charge is -2.14. The van der Waals surface area contributed by atoms with E-state index in [2.05, 4.69) is 5.32 Å². The topological polar surface area (TPSA) is 43.3 Å². The zero-order chi connectivity index (χ0) is 11.1. The van der Waals surface area contributed by atoms with E-state index in [-0.39, 0.29) is 12.1 Å². The Morgan fingerprint density at radius 1 is 1.50 bits per heavy atom. The molecule has 0 spiro atoms. The van der Waals surface area contributed by atoms with E-state index in [1.54, 1.807) is 18.4 Å². The zero-order valence-corrected chi connectivity index (χ0v) is 9.45. The maximum Gasteiger partial charge on any atom is 0.256 e. The van der Waals surface area contributed by atoms with Crippen LogP contribution in [0.25, 0.3) is 5.00 Å². The highest BCUT2D eigenvalue weighted by Crippen LogP contribution is 2.30. The summed E-state index contributed by atoms with van der Waals surface area (Å²) >= 11 is 1.55. The Kier molecular flexibility index (Phi) is 2.08. The van der Waals surface area contributed by atoms with Crippen LogP contribution >= 0.6 is 11.3 Å². The number of carbonyl (C=O) groups excluding carboxylic acids is 1. The Hall–Kier alpha value is -1.59. The van der Waals surface area contributed by atoms with Gasteiger partial charge >= 0.3 is 0 Å². The van der Waals surface area contributed by atoms with E-state index in [1.165, 1.54) is 0 Å². The van der Waals surface area contributed by atoms with Gasteiger partial charge < -0.3 is 14.6 Å². The smallest absolute Gasteiger partial charge is 0.256 e. The molecular formula is C11H10N2O2S. The number of amides is 1. The van der Waals surface area contributed by atoms with Gasteiger partial charge in [-0.15, -0.1) is 11.3 Å². The summed E-state index contributed by atoms with van der Waals surface area (Å²) in [5.74, 6) is -0.0909. The first-order valence-corrected chi connectivity index (χ1v) is 5.78. The Balaban J connectivity index is 2.25. The van der Waals surface area contributed by atoms with Crippen molar-refractivity contribution in [2.45, 2.75) is 6.23 Å². The highest BCUT2D eigenvalue weighted by molar-refractivity contribution is 7.13. The number of nitrogens with one attached hydrogen (secondary N) is 1. The van der Waals surface area contributed by atoms with Gasteiger partial charge in [0.2, 0.25) is 0 Å². The second-order valence-electron chi connectivity index (χ2n) is 3.53. The summed E-state index contributed by atoms with van der Waals surface area (Å²) in [7, 11) is 1.59. The maximum absolute atomic E-state index is 11.9. The van der Waals surface area contributed by atoms with Gasteiger partial charge in [-0.2, -0.15) is 0 Å². The summed E-state index contributed by atoms with van der Waals surface area (Å²) in [6.07, 6.45) is 1.55. The molecule has 1 N–H and O–H groups in total. The molecular weight excluding hydrogens is 224 g/mol. The van der Waals surface area contributed by atoms with Crippen LogP contribution in [0.2, 0.25) is 0 Å². The summed E-state index contributed by atoms with van der Waals surface area (Å²) < 4.78 is 7.27. The average Bonchev–Trinajstić information content (AvgIpc) is 2.91. The molecule has 0 aliphatic carbocycles. The van der Waals surface area contributed by atoms with Crippen LogP contribution in [-0.4, -0.2) is 17.6 Å². The first-order chi connectivity index (χ1) is 7.81. The molecule has 0 aromatic carbocycles. The van der Waals surface area contributed by atoms with E-state index in [0.29, 0.717) is 5.56 Å². The third-order valence-corrected chi connectivity index (χ3v) is 3.57. The van der Waals surface area contributed by atoms with Crippen molar-refractivity contribution in [3.05, 3.63) is 41.0 Å². The molecule has 3 rings (SSSR count). The van der Waals surface area contributed by atoms with Gasteiger partial charge in [-0.3, -0.25) is 4.79 Å². The summed E-state index contributed by atoms with van der Waals surface area (Å²) in [6.45, 7) is 0. The molecule has 1 atom stereocenters. The van der Waals surface area contributed by atoms with Gasteiger partial charge in [0.1, 0.15) is 5.00 Å². The van der Waals surface area contributed by atoms with Crippen LogP contribution in [0.1, 0.15) is 22.3 Å². The highest BCUT2D eigenvalue weighted by atomic mass is 32.1. The van der Waals surface area contributed by atoms with E-state index in [9.17, 15) is 4.79 Å². The van der Waals surface area contributed by atoms with Gasteiger partial charge in [0, 0.05) is 13.3 Å². The van der Waals surface area contributed by atoms with Crippen molar-refractivity contribution in [3.63, 3.8) is 0 Å². The number of rotatable bonds is 1. The normalized spacial score (nSPS) is 18.6. The van der Waals surface area contributed by atoms with Crippen molar-refractivity contribution in [2.75, 3.05) is 7.11 Å². The Labute approximate surface area is 96.5 Å². The van der Waals surface area contributed by atoms with Crippen molar-refractivity contribution < 1.29 is 9.53 Å². The zero-order valence-electron chi connectivity index (χ0n) is 8.64. The standard InChI is InChI=1S/C11H10N2O2S/c1-15-10-8-3-2-5-13(8)11-7(4-6-16-11)9(14)12-10/h2-6,10H,1H3,(H,12,14). The Bertz CT molecular complexity index is 544. The number of hydrogen-bond donors (Lipinski definition) is 1. The van der Waals surface area contributed by atoms with Crippen LogP contribution in [0, 0.1) is 0 Å². The predicted molar refractivity (Wildman–Crippen MR) is 60.9 cm³/mol. The molecule has 0 radical (unpaired) electrons. The van der Waals surface area contributed by atoms with Gasteiger partial charge in [0.15, 0.2) is 6.23 Å². The molecule has 0 fully saturated rings. The van der Waals surface area contributed by atoms with Gasteiger partial charge in [0.05, 0.1) is 11.3 Å². The molecule has 1 unspecified atom stereocenters. The molecule has 82 valence electrons. The number of thiophene rings is 1. The first-order valence-electron chi connectivity index (χ1n) is 4.90. The number of aromatic nitrogens is 1. The predicted octanol–water partition coefficient (Wildman–Crippen LogP) is 1.93. The number of fused-ring (bicyclic) bond motifs is 3. The number of carbonyl (C=O) groups is 1. The largest absolute Gasteiger partial charge is 0.356 e. The highest BCUT2D eigenvalue weighted by Gasteiger charge is 2.26. The van der Waals surface area contributed by atoms with E-state index >= 15 is 0 Å². The summed E-state index contributed by atoms with van der Waals surface area (Å²) in [6, 6.07) is 5.72. The average molecular weight is 234 g/mol. The molecule has 3 heterocycles. The maximum atomic E-state index is 11.9. The van der Waals surface area contributed by atoms with Crippen molar-refractivity contribution in [1.29, 1.82) is 0 Å². The molecule has 1 amide bonds. The van der Waals surface area contributed by atoms with E-state index in [1.807, 2.05) is 34.3 Å². The number of ether oxygens (including phenoxy) is 1. The molecule has 16 heavy (non-hydrogen) atoms. The van der Waals surface area contributed by atoms with Crippen molar-refractivity contribution in [3.8, 4) is 5.00 Å². The first kappa shape index (κ1) is 9.62. The Morgan fingerprint density at radius 2 is 2.38 bits per heavy atom. The van der Waals surface area contributed by atoms with E-state index in [0.717, 1.165) is 10.7 Å². The lowest BCUT2D eigenvalue weighted by atomic mass is 10.3. The van der Waals surface area contributed by atoms with Crippen LogP contribution in [-0.2, 0) is 4.74 Å². The molecule has 1 aliphatic heterocycles. The molecule has 2 aromatic heterocycles. The number of nitrogens with zero attached hydrogens (tertiary/aromatic N) is 1. The van der Waals surface area contributed by atoms with Crippen LogP contribution in [0.5, 0.6) is 0 Å². The second-order valence-corrected chi connectivity index (χ2v) is 4.43. The minimum atomic E-state index is -0.387. The van der Waals surface area contributed by atoms with Gasteiger partial charge in [-0.25, -0.2) is 0 Å². The quantitative estimate of drug-likeness (QED) is 0.819. The van der Waals surface area contributed by atoms with Crippen LogP contribution in [0.3, 0.4) is 0 Å². The van der Waals surface area contributed by atoms with E-state index < -0.39 is 0 Å². The fraction of sp³-hybridized carbons (Fsp3) is 0.182. The SMILES string of the molecule is COC1NC(=O)c2ccsc2-n2cccc21. The van der Waals surface area contributed by atoms with Gasteiger partial charge in [-0.05, 0) is 23.6 Å². The van der Waals surface area contributed by atoms with Crippen LogP contribution in [0.15, 0.2) is 29.8 Å². The molecule has 4 nitrogen and oxygen atoms in total. The molecule has 2 aromatic rings. The summed E-state index contributed by atoms with van der Waals surface area (Å²) in [5, 5.41) is 5.70. The molecule has 0 bridgehead atoms. The monoisotopic (exact) mass is 234 g/mol. The summed E-state index contributed by atoms with van der Waals surface area (Å²) in [4.78, 5) is 11.9. The lowest BCUT2D eigenvalue weighted by molar-refractivity contribution is 0.0562. The fourth-order valence-corrected chi connectivity index (χ4v) is 2.80. The third-order valence-electron chi connectivity index (χ3n) is 2.66. The van der Waals surface area contributed by atoms with Gasteiger partial charge in [-0.1, -0.05) is 0 Å². The summed E-state index contributed by atoms with van der Waals surface area (Å²) in [5.41, 5.74) is 1.64. The molecule has 5 heteroatoms. The van der Waals surface area contributed by atoms with Crippen LogP contribution < -0.4 is 5.32 Å². The molecule has 0 saturated carbocycles. The third kappa shape index (κ3) is 1.22. The number of hydrogen-bond acceptors (Lipinski definition) is 3. The number of methoxy groups -OCH3 is 1. The van der Waals surface area contributed by atoms with Crippen molar-refractivity contribution in [1.82, 2.24) is 9.88 Å². The lowest BCUT2D eigenvalue weighted by Crippen LogP contribution is -2.28. The van der Waals surface area contributed by atoms with Crippen LogP contribution in [0.4, 0.5) is 0 Å². The van der Waals surface area contributed by atoms with Crippen molar-refractivity contribution >= 4 is 17.2 Å². The molecule has 0 saturated heterocycles. The van der Waals surface area contributed by atoms with Gasteiger partial charge in [0.25, 0.3) is 5.91 Å². The van der Waals surface area contributed by atoms with E-state index in [4.69, 9.17) is 4.74 Å². The second kappa shape index (κ2) is 3.47. The minimum absolute atomic E-state index is 0.0909. The Morgan fingerprint density at radius 3 is 3.19 bits per heavy atom. The minimum Gasteiger partial charge on any atom is -0.356 e. The van der Waals surface area contributed by atoms with Crippen molar-refractivity contribution in [2.24, 2.45) is 0 Å². The fourth-order valence-electron chi connectivity index (χ4n) is 1.90.